The molecule has 0 saturated heterocycles. The fourth-order valence-electron chi connectivity index (χ4n) is 2.04. The molecule has 2 atom stereocenters. The lowest BCUT2D eigenvalue weighted by molar-refractivity contribution is 0.144. The number of hydrogen-bond donors (Lipinski definition) is 1. The number of fused-ring (bicyclic) bond motifs is 1. The van der Waals surface area contributed by atoms with Crippen molar-refractivity contribution in [2.75, 3.05) is 0 Å². The fourth-order valence-corrected chi connectivity index (χ4v) is 2.04. The average Bonchev–Trinajstić information content (AvgIpc) is 2.36. The molecule has 0 bridgehead atoms. The van der Waals surface area contributed by atoms with Crippen LogP contribution in [0.4, 0.5) is 0 Å². The minimum Gasteiger partial charge on any atom is -0.392 e. The normalized spacial score (nSPS) is 14.9. The highest BCUT2D eigenvalue weighted by molar-refractivity contribution is 5.84. The molecule has 16 heavy (non-hydrogen) atoms. The summed E-state index contributed by atoms with van der Waals surface area (Å²) in [5.74, 6) is 0.0797. The molecule has 2 unspecified atom stereocenters. The molecule has 0 aliphatic carbocycles. The summed E-state index contributed by atoms with van der Waals surface area (Å²) in [5.41, 5.74) is 0.993. The van der Waals surface area contributed by atoms with Crippen LogP contribution in [0.5, 0.6) is 0 Å². The van der Waals surface area contributed by atoms with E-state index in [9.17, 15) is 5.11 Å². The van der Waals surface area contributed by atoms with Crippen LogP contribution in [0, 0.1) is 0 Å². The number of aromatic nitrogens is 1. The van der Waals surface area contributed by atoms with Gasteiger partial charge < -0.3 is 5.11 Å². The molecule has 1 aromatic carbocycles. The van der Waals surface area contributed by atoms with E-state index in [0.717, 1.165) is 17.5 Å². The second-order valence-electron chi connectivity index (χ2n) is 4.18. The van der Waals surface area contributed by atoms with Gasteiger partial charge in [-0.25, -0.2) is 0 Å². The van der Waals surface area contributed by atoms with E-state index in [4.69, 9.17) is 0 Å². The van der Waals surface area contributed by atoms with Gasteiger partial charge in [-0.05, 0) is 17.9 Å². The van der Waals surface area contributed by atoms with E-state index in [-0.39, 0.29) is 12.0 Å². The number of hydrogen-bond acceptors (Lipinski definition) is 2. The number of aliphatic hydroxyl groups excluding tert-OH is 1. The maximum Gasteiger partial charge on any atom is 0.0618 e. The third kappa shape index (κ3) is 1.93. The number of pyridine rings is 1. The summed E-state index contributed by atoms with van der Waals surface area (Å²) in [7, 11) is 0. The van der Waals surface area contributed by atoms with E-state index in [1.165, 1.54) is 5.39 Å². The topological polar surface area (TPSA) is 33.1 Å². The van der Waals surface area contributed by atoms with Gasteiger partial charge in [-0.2, -0.15) is 0 Å². The van der Waals surface area contributed by atoms with Crippen molar-refractivity contribution in [2.24, 2.45) is 0 Å². The molecule has 84 valence electrons. The Kier molecular flexibility index (Phi) is 3.20. The Labute approximate surface area is 96.0 Å². The zero-order valence-corrected chi connectivity index (χ0v) is 9.72. The van der Waals surface area contributed by atoms with Crippen molar-refractivity contribution in [3.05, 3.63) is 42.2 Å². The highest BCUT2D eigenvalue weighted by Gasteiger charge is 2.17. The molecule has 2 aromatic rings. The molecular formula is C14H17NO. The van der Waals surface area contributed by atoms with Gasteiger partial charge in [0.2, 0.25) is 0 Å². The maximum atomic E-state index is 9.90. The lowest BCUT2D eigenvalue weighted by Crippen LogP contribution is -2.15. The van der Waals surface area contributed by atoms with Crippen molar-refractivity contribution in [3.8, 4) is 0 Å². The van der Waals surface area contributed by atoms with Crippen molar-refractivity contribution in [1.82, 2.24) is 4.98 Å². The number of aliphatic hydroxyl groups is 1. The lowest BCUT2D eigenvalue weighted by atomic mass is 9.94. The highest BCUT2D eigenvalue weighted by Crippen LogP contribution is 2.26. The monoisotopic (exact) mass is 215 g/mol. The van der Waals surface area contributed by atoms with E-state index in [0.29, 0.717) is 0 Å². The summed E-state index contributed by atoms with van der Waals surface area (Å²) in [5, 5.41) is 12.2. The summed E-state index contributed by atoms with van der Waals surface area (Å²) in [4.78, 5) is 4.42. The van der Waals surface area contributed by atoms with Crippen LogP contribution in [0.15, 0.2) is 36.5 Å². The smallest absolute Gasteiger partial charge is 0.0618 e. The molecule has 1 aromatic heterocycles. The van der Waals surface area contributed by atoms with E-state index < -0.39 is 0 Å². The predicted molar refractivity (Wildman–Crippen MR) is 66.5 cm³/mol. The van der Waals surface area contributed by atoms with Gasteiger partial charge in [0, 0.05) is 17.5 Å². The molecule has 0 radical (unpaired) electrons. The molecule has 0 fully saturated rings. The van der Waals surface area contributed by atoms with Gasteiger partial charge in [0.1, 0.15) is 0 Å². The first-order valence-corrected chi connectivity index (χ1v) is 5.75. The molecule has 1 N–H and O–H groups in total. The second kappa shape index (κ2) is 4.62. The third-order valence-electron chi connectivity index (χ3n) is 3.13. The molecular weight excluding hydrogens is 198 g/mol. The Morgan fingerprint density at radius 2 is 2.00 bits per heavy atom. The Morgan fingerprint density at radius 3 is 2.75 bits per heavy atom. The van der Waals surface area contributed by atoms with E-state index >= 15 is 0 Å². The Balaban J connectivity index is 2.52. The zero-order valence-electron chi connectivity index (χ0n) is 9.72. The van der Waals surface area contributed by atoms with Crippen LogP contribution in [-0.4, -0.2) is 16.2 Å². The third-order valence-corrected chi connectivity index (χ3v) is 3.13. The van der Waals surface area contributed by atoms with Crippen LogP contribution in [-0.2, 0) is 0 Å². The van der Waals surface area contributed by atoms with Crippen molar-refractivity contribution in [3.63, 3.8) is 0 Å². The highest BCUT2D eigenvalue weighted by atomic mass is 16.3. The molecule has 0 saturated carbocycles. The fraction of sp³-hybridized carbons (Fsp3) is 0.357. The standard InChI is InChI=1S/C14H17NO/c1-3-13(16)10(2)14-12-7-5-4-6-11(12)8-9-15-14/h4-10,13,16H,3H2,1-2H3. The summed E-state index contributed by atoms with van der Waals surface area (Å²) in [6, 6.07) is 10.2. The molecule has 0 aliphatic rings. The van der Waals surface area contributed by atoms with Crippen molar-refractivity contribution >= 4 is 10.8 Å². The van der Waals surface area contributed by atoms with Gasteiger partial charge in [-0.3, -0.25) is 4.98 Å². The second-order valence-corrected chi connectivity index (χ2v) is 4.18. The molecule has 0 spiro atoms. The van der Waals surface area contributed by atoms with Gasteiger partial charge in [0.05, 0.1) is 11.8 Å². The van der Waals surface area contributed by atoms with Crippen LogP contribution >= 0.6 is 0 Å². The Hall–Kier alpha value is -1.41. The molecule has 2 nitrogen and oxygen atoms in total. The van der Waals surface area contributed by atoms with Gasteiger partial charge in [-0.15, -0.1) is 0 Å². The van der Waals surface area contributed by atoms with Gasteiger partial charge in [0.25, 0.3) is 0 Å². The number of nitrogens with zero attached hydrogens (tertiary/aromatic N) is 1. The largest absolute Gasteiger partial charge is 0.392 e. The zero-order chi connectivity index (χ0) is 11.5. The van der Waals surface area contributed by atoms with Crippen molar-refractivity contribution in [2.45, 2.75) is 32.3 Å². The van der Waals surface area contributed by atoms with Crippen LogP contribution in [0.1, 0.15) is 31.9 Å². The molecule has 2 rings (SSSR count). The summed E-state index contributed by atoms with van der Waals surface area (Å²) in [6.07, 6.45) is 2.25. The van der Waals surface area contributed by atoms with Crippen molar-refractivity contribution in [1.29, 1.82) is 0 Å². The van der Waals surface area contributed by atoms with Crippen LogP contribution in [0.3, 0.4) is 0 Å². The summed E-state index contributed by atoms with van der Waals surface area (Å²) < 4.78 is 0. The number of benzene rings is 1. The first-order chi connectivity index (χ1) is 7.74. The van der Waals surface area contributed by atoms with Crippen LogP contribution < -0.4 is 0 Å². The molecule has 1 heterocycles. The minimum absolute atomic E-state index is 0.0797. The average molecular weight is 215 g/mol. The van der Waals surface area contributed by atoms with Crippen LogP contribution in [0.25, 0.3) is 10.8 Å². The van der Waals surface area contributed by atoms with E-state index in [1.54, 1.807) is 0 Å². The Bertz CT molecular complexity index is 476. The first-order valence-electron chi connectivity index (χ1n) is 5.75. The van der Waals surface area contributed by atoms with E-state index in [2.05, 4.69) is 17.1 Å². The van der Waals surface area contributed by atoms with Crippen LogP contribution in [0.2, 0.25) is 0 Å². The van der Waals surface area contributed by atoms with E-state index in [1.807, 2.05) is 38.2 Å². The minimum atomic E-state index is -0.321. The van der Waals surface area contributed by atoms with Crippen molar-refractivity contribution < 1.29 is 5.11 Å². The van der Waals surface area contributed by atoms with Gasteiger partial charge in [0.15, 0.2) is 0 Å². The van der Waals surface area contributed by atoms with Gasteiger partial charge >= 0.3 is 0 Å². The maximum absolute atomic E-state index is 9.90. The predicted octanol–water partition coefficient (Wildman–Crippen LogP) is 3.11. The lowest BCUT2D eigenvalue weighted by Gasteiger charge is -2.18. The molecule has 0 aliphatic heterocycles. The quantitative estimate of drug-likeness (QED) is 0.853. The Morgan fingerprint density at radius 1 is 1.25 bits per heavy atom. The summed E-state index contributed by atoms with van der Waals surface area (Å²) >= 11 is 0. The summed E-state index contributed by atoms with van der Waals surface area (Å²) in [6.45, 7) is 4.02. The molecule has 2 heteroatoms. The molecule has 0 amide bonds. The number of rotatable bonds is 3. The first kappa shape index (κ1) is 11.1. The van der Waals surface area contributed by atoms with Gasteiger partial charge in [-0.1, -0.05) is 38.1 Å². The SMILES string of the molecule is CCC(O)C(C)c1nccc2ccccc12.